The lowest BCUT2D eigenvalue weighted by atomic mass is 10.0. The maximum atomic E-state index is 13.2. The van der Waals surface area contributed by atoms with Crippen molar-refractivity contribution in [3.63, 3.8) is 0 Å². The molecule has 0 aromatic heterocycles. The summed E-state index contributed by atoms with van der Waals surface area (Å²) in [4.78, 5) is 10.9. The summed E-state index contributed by atoms with van der Waals surface area (Å²) in [5.74, 6) is -1.80. The Hall–Kier alpha value is -1.31. The second kappa shape index (κ2) is 8.08. The van der Waals surface area contributed by atoms with Crippen LogP contribution in [0.3, 0.4) is 0 Å². The monoisotopic (exact) mass is 304 g/mol. The number of benzene rings is 1. The molecule has 7 heteroatoms. The van der Waals surface area contributed by atoms with Crippen molar-refractivity contribution in [3.05, 3.63) is 29.6 Å². The molecule has 0 amide bonds. The van der Waals surface area contributed by atoms with E-state index in [1.54, 1.807) is 0 Å². The van der Waals surface area contributed by atoms with Crippen LogP contribution in [0.15, 0.2) is 18.2 Å². The predicted molar refractivity (Wildman–Crippen MR) is 73.3 cm³/mol. The fraction of sp³-hybridized carbons (Fsp3) is 0.462. The van der Waals surface area contributed by atoms with Gasteiger partial charge < -0.3 is 19.7 Å². The summed E-state index contributed by atoms with van der Waals surface area (Å²) in [6, 6.07) is 3.59. The Balaban J connectivity index is 2.63. The van der Waals surface area contributed by atoms with E-state index in [1.165, 1.54) is 13.2 Å². The number of rotatable bonds is 7. The Morgan fingerprint density at radius 2 is 2.20 bits per heavy atom. The van der Waals surface area contributed by atoms with E-state index in [1.807, 2.05) is 0 Å². The summed E-state index contributed by atoms with van der Waals surface area (Å²) in [5, 5.41) is 19.2. The molecule has 0 bridgehead atoms. The number of phenolic OH excluding ortho intramolecular Hbond substituents is 1. The zero-order valence-electron chi connectivity index (χ0n) is 11.0. The molecule has 0 aliphatic heterocycles. The summed E-state index contributed by atoms with van der Waals surface area (Å²) in [7, 11) is 1.39. The van der Waals surface area contributed by atoms with E-state index in [-0.39, 0.29) is 24.3 Å². The lowest BCUT2D eigenvalue weighted by Crippen LogP contribution is -2.23. The number of hydrogen-bond acceptors (Lipinski definition) is 6. The number of esters is 1. The third-order valence-electron chi connectivity index (χ3n) is 2.76. The molecule has 112 valence electrons. The standard InChI is InChI=1S/C13H17FO5S/c1-18-11(4-5-19-12(16)7-20)13(17)8-2-3-10(15)9(14)6-8/h2-3,6,11,13,15,17,20H,4-5,7H2,1H3/t11-,13-/m1/s1. The van der Waals surface area contributed by atoms with E-state index in [4.69, 9.17) is 14.6 Å². The number of aliphatic hydroxyl groups is 1. The number of carbonyl (C=O) groups excluding carboxylic acids is 1. The van der Waals surface area contributed by atoms with E-state index in [9.17, 15) is 14.3 Å². The first kappa shape index (κ1) is 16.7. The van der Waals surface area contributed by atoms with Gasteiger partial charge in [-0.25, -0.2) is 4.39 Å². The highest BCUT2D eigenvalue weighted by atomic mass is 32.1. The second-order valence-corrected chi connectivity index (χ2v) is 4.41. The minimum Gasteiger partial charge on any atom is -0.505 e. The number of halogens is 1. The zero-order chi connectivity index (χ0) is 15.1. The highest BCUT2D eigenvalue weighted by molar-refractivity contribution is 7.81. The van der Waals surface area contributed by atoms with Gasteiger partial charge in [-0.2, -0.15) is 12.6 Å². The third-order valence-corrected chi connectivity index (χ3v) is 3.02. The molecule has 20 heavy (non-hydrogen) atoms. The molecule has 0 aliphatic rings. The molecule has 0 radical (unpaired) electrons. The van der Waals surface area contributed by atoms with Crippen LogP contribution in [-0.2, 0) is 14.3 Å². The summed E-state index contributed by atoms with van der Waals surface area (Å²) in [5.41, 5.74) is 0.271. The number of phenols is 1. The van der Waals surface area contributed by atoms with Crippen LogP contribution in [0.2, 0.25) is 0 Å². The van der Waals surface area contributed by atoms with Crippen molar-refractivity contribution < 1.29 is 28.9 Å². The van der Waals surface area contributed by atoms with E-state index in [0.29, 0.717) is 0 Å². The second-order valence-electron chi connectivity index (χ2n) is 4.10. The van der Waals surface area contributed by atoms with Gasteiger partial charge in [-0.05, 0) is 17.7 Å². The molecule has 0 fully saturated rings. The van der Waals surface area contributed by atoms with Gasteiger partial charge in [0.25, 0.3) is 0 Å². The van der Waals surface area contributed by atoms with Crippen molar-refractivity contribution in [2.45, 2.75) is 18.6 Å². The fourth-order valence-corrected chi connectivity index (χ4v) is 1.75. The molecule has 1 rings (SSSR count). The molecule has 0 unspecified atom stereocenters. The average molecular weight is 304 g/mol. The predicted octanol–water partition coefficient (Wildman–Crippen LogP) is 1.44. The molecule has 2 atom stereocenters. The number of methoxy groups -OCH3 is 1. The summed E-state index contributed by atoms with van der Waals surface area (Å²) in [6.45, 7) is 0.0650. The normalized spacial score (nSPS) is 13.8. The van der Waals surface area contributed by atoms with Crippen molar-refractivity contribution >= 4 is 18.6 Å². The number of carbonyl (C=O) groups is 1. The molecule has 5 nitrogen and oxygen atoms in total. The molecule has 1 aromatic rings. The number of aliphatic hydroxyl groups excluding tert-OH is 1. The van der Waals surface area contributed by atoms with Crippen LogP contribution in [0, 0.1) is 5.82 Å². The van der Waals surface area contributed by atoms with Gasteiger partial charge in [0.1, 0.15) is 6.10 Å². The van der Waals surface area contributed by atoms with Crippen LogP contribution in [0.25, 0.3) is 0 Å². The molecule has 1 aromatic carbocycles. The first-order valence-electron chi connectivity index (χ1n) is 5.95. The quantitative estimate of drug-likeness (QED) is 0.525. The Morgan fingerprint density at radius 1 is 1.50 bits per heavy atom. The molecule has 0 saturated carbocycles. The van der Waals surface area contributed by atoms with Crippen LogP contribution >= 0.6 is 12.6 Å². The largest absolute Gasteiger partial charge is 0.505 e. The molecule has 0 heterocycles. The van der Waals surface area contributed by atoms with Gasteiger partial charge >= 0.3 is 5.97 Å². The maximum absolute atomic E-state index is 13.2. The van der Waals surface area contributed by atoms with E-state index in [0.717, 1.165) is 12.1 Å². The van der Waals surface area contributed by atoms with Crippen molar-refractivity contribution in [2.24, 2.45) is 0 Å². The van der Waals surface area contributed by atoms with Gasteiger partial charge in [0, 0.05) is 13.5 Å². The van der Waals surface area contributed by atoms with Crippen molar-refractivity contribution in [2.75, 3.05) is 19.5 Å². The Morgan fingerprint density at radius 3 is 2.75 bits per heavy atom. The molecule has 2 N–H and O–H groups in total. The number of hydrogen-bond donors (Lipinski definition) is 3. The minimum absolute atomic E-state index is 0.0244. The average Bonchev–Trinajstić information content (AvgIpc) is 2.45. The van der Waals surface area contributed by atoms with Crippen molar-refractivity contribution in [3.8, 4) is 5.75 Å². The van der Waals surface area contributed by atoms with Crippen molar-refractivity contribution in [1.29, 1.82) is 0 Å². The summed E-state index contributed by atoms with van der Waals surface area (Å²) in [6.07, 6.45) is -1.50. The van der Waals surface area contributed by atoms with Gasteiger partial charge in [0.15, 0.2) is 11.6 Å². The fourth-order valence-electron chi connectivity index (χ4n) is 1.66. The molecular formula is C13H17FO5S. The van der Waals surface area contributed by atoms with Gasteiger partial charge in [0.2, 0.25) is 0 Å². The van der Waals surface area contributed by atoms with E-state index < -0.39 is 29.7 Å². The maximum Gasteiger partial charge on any atom is 0.315 e. The molecule has 0 aliphatic carbocycles. The highest BCUT2D eigenvalue weighted by Gasteiger charge is 2.22. The van der Waals surface area contributed by atoms with Crippen LogP contribution in [0.5, 0.6) is 5.75 Å². The van der Waals surface area contributed by atoms with Gasteiger partial charge in [-0.1, -0.05) is 6.07 Å². The topological polar surface area (TPSA) is 76.0 Å². The van der Waals surface area contributed by atoms with E-state index in [2.05, 4.69) is 12.6 Å². The lowest BCUT2D eigenvalue weighted by molar-refractivity contribution is -0.141. The molecule has 0 spiro atoms. The van der Waals surface area contributed by atoms with Crippen LogP contribution in [0.1, 0.15) is 18.1 Å². The smallest absolute Gasteiger partial charge is 0.315 e. The van der Waals surface area contributed by atoms with Crippen molar-refractivity contribution in [1.82, 2.24) is 0 Å². The van der Waals surface area contributed by atoms with Gasteiger partial charge in [0.05, 0.1) is 18.5 Å². The minimum atomic E-state index is -1.09. The first-order valence-corrected chi connectivity index (χ1v) is 6.58. The number of ether oxygens (including phenoxy) is 2. The Bertz CT molecular complexity index is 454. The summed E-state index contributed by atoms with van der Waals surface area (Å²) >= 11 is 3.76. The third kappa shape index (κ3) is 4.66. The van der Waals surface area contributed by atoms with Crippen LogP contribution < -0.4 is 0 Å². The Labute approximate surface area is 121 Å². The zero-order valence-corrected chi connectivity index (χ0v) is 11.8. The van der Waals surface area contributed by atoms with E-state index >= 15 is 0 Å². The Kier molecular flexibility index (Phi) is 6.77. The first-order chi connectivity index (χ1) is 9.49. The van der Waals surface area contributed by atoms with Crippen LogP contribution in [0.4, 0.5) is 4.39 Å². The SMILES string of the molecule is CO[C@H](CCOC(=O)CS)[C@H](O)c1ccc(O)c(F)c1. The summed E-state index contributed by atoms with van der Waals surface area (Å²) < 4.78 is 23.2. The van der Waals surface area contributed by atoms with Crippen LogP contribution in [-0.4, -0.2) is 41.8 Å². The lowest BCUT2D eigenvalue weighted by Gasteiger charge is -2.22. The molecule has 0 saturated heterocycles. The van der Waals surface area contributed by atoms with Gasteiger partial charge in [-0.3, -0.25) is 4.79 Å². The number of aromatic hydroxyl groups is 1. The van der Waals surface area contributed by atoms with Gasteiger partial charge in [-0.15, -0.1) is 0 Å². The number of thiol groups is 1. The molecular weight excluding hydrogens is 287 g/mol. The highest BCUT2D eigenvalue weighted by Crippen LogP contribution is 2.25.